The highest BCUT2D eigenvalue weighted by Crippen LogP contribution is 2.26. The van der Waals surface area contributed by atoms with Crippen LogP contribution in [0, 0.1) is 0 Å². The van der Waals surface area contributed by atoms with Crippen LogP contribution in [0.15, 0.2) is 41.8 Å². The Labute approximate surface area is 121 Å². The van der Waals surface area contributed by atoms with Crippen LogP contribution in [0.5, 0.6) is 5.75 Å². The summed E-state index contributed by atoms with van der Waals surface area (Å²) >= 11 is 0.965. The Morgan fingerprint density at radius 1 is 1.43 bits per heavy atom. The molecule has 112 valence electrons. The molecule has 0 saturated carbocycles. The lowest BCUT2D eigenvalue weighted by molar-refractivity contribution is -0.274. The van der Waals surface area contributed by atoms with E-state index >= 15 is 0 Å². The fourth-order valence-electron chi connectivity index (χ4n) is 1.55. The van der Waals surface area contributed by atoms with Crippen LogP contribution in [0.4, 0.5) is 13.2 Å². The smallest absolute Gasteiger partial charge is 0.481 e. The average molecular weight is 318 g/mol. The van der Waals surface area contributed by atoms with Gasteiger partial charge in [-0.25, -0.2) is 4.98 Å². The van der Waals surface area contributed by atoms with Crippen LogP contribution >= 0.6 is 11.8 Å². The van der Waals surface area contributed by atoms with Gasteiger partial charge in [0.2, 0.25) is 0 Å². The Kier molecular flexibility index (Phi) is 4.41. The maximum atomic E-state index is 12.2. The zero-order chi connectivity index (χ0) is 15.5. The second-order valence-corrected chi connectivity index (χ2v) is 4.75. The number of nitrogens with zero attached hydrogens (tertiary/aromatic N) is 2. The molecule has 0 atom stereocenters. The van der Waals surface area contributed by atoms with E-state index in [0.29, 0.717) is 10.8 Å². The first-order valence-corrected chi connectivity index (χ1v) is 6.58. The number of rotatable bonds is 5. The van der Waals surface area contributed by atoms with Gasteiger partial charge in [0.15, 0.2) is 5.16 Å². The van der Waals surface area contributed by atoms with Gasteiger partial charge in [0.05, 0.1) is 11.4 Å². The van der Waals surface area contributed by atoms with Gasteiger partial charge in [0, 0.05) is 18.5 Å². The number of imidazole rings is 1. The Bertz CT molecular complexity index is 643. The van der Waals surface area contributed by atoms with Crippen LogP contribution in [0.3, 0.4) is 0 Å². The maximum absolute atomic E-state index is 12.2. The Balaban J connectivity index is 2.24. The van der Waals surface area contributed by atoms with Crippen molar-refractivity contribution in [3.8, 4) is 11.4 Å². The Morgan fingerprint density at radius 3 is 2.86 bits per heavy atom. The van der Waals surface area contributed by atoms with Crippen LogP contribution < -0.4 is 4.74 Å². The normalized spacial score (nSPS) is 11.4. The fraction of sp³-hybridized carbons (Fsp3) is 0.167. The molecular weight excluding hydrogens is 309 g/mol. The van der Waals surface area contributed by atoms with Crippen molar-refractivity contribution >= 4 is 17.7 Å². The number of carbonyl (C=O) groups is 1. The zero-order valence-electron chi connectivity index (χ0n) is 10.4. The van der Waals surface area contributed by atoms with Crippen LogP contribution in [0.1, 0.15) is 0 Å². The Hall–Kier alpha value is -2.16. The molecule has 5 nitrogen and oxygen atoms in total. The molecule has 1 N–H and O–H groups in total. The van der Waals surface area contributed by atoms with Crippen LogP contribution in [-0.4, -0.2) is 32.7 Å². The van der Waals surface area contributed by atoms with Crippen molar-refractivity contribution in [3.63, 3.8) is 0 Å². The monoisotopic (exact) mass is 318 g/mol. The lowest BCUT2D eigenvalue weighted by Gasteiger charge is -2.11. The highest BCUT2D eigenvalue weighted by molar-refractivity contribution is 7.99. The number of carboxylic acid groups (broad SMARTS) is 1. The van der Waals surface area contributed by atoms with E-state index in [2.05, 4.69) is 9.72 Å². The summed E-state index contributed by atoms with van der Waals surface area (Å²) in [5.74, 6) is -1.57. The average Bonchev–Trinajstić information content (AvgIpc) is 2.82. The molecule has 0 saturated heterocycles. The van der Waals surface area contributed by atoms with Gasteiger partial charge in [0.25, 0.3) is 0 Å². The van der Waals surface area contributed by atoms with E-state index in [1.165, 1.54) is 35.2 Å². The molecule has 0 aliphatic rings. The third-order valence-electron chi connectivity index (χ3n) is 2.26. The predicted octanol–water partition coefficient (Wildman–Crippen LogP) is 2.95. The Morgan fingerprint density at radius 2 is 2.19 bits per heavy atom. The summed E-state index contributed by atoms with van der Waals surface area (Å²) in [7, 11) is 0. The number of aromatic nitrogens is 2. The van der Waals surface area contributed by atoms with Gasteiger partial charge in [-0.15, -0.1) is 13.2 Å². The SMILES string of the molecule is O=C(O)CSc1nccn1-c1cccc(OC(F)(F)F)c1. The summed E-state index contributed by atoms with van der Waals surface area (Å²) in [6.07, 6.45) is -1.81. The second-order valence-electron chi connectivity index (χ2n) is 3.81. The van der Waals surface area contributed by atoms with E-state index < -0.39 is 12.3 Å². The van der Waals surface area contributed by atoms with Crippen molar-refractivity contribution < 1.29 is 27.8 Å². The van der Waals surface area contributed by atoms with Crippen LogP contribution in [0.2, 0.25) is 0 Å². The molecule has 0 aliphatic carbocycles. The molecule has 0 unspecified atom stereocenters. The van der Waals surface area contributed by atoms with Crippen molar-refractivity contribution in [2.75, 3.05) is 5.75 Å². The van der Waals surface area contributed by atoms with Gasteiger partial charge < -0.3 is 9.84 Å². The van der Waals surface area contributed by atoms with Crippen molar-refractivity contribution in [2.45, 2.75) is 11.5 Å². The number of thioether (sulfide) groups is 1. The topological polar surface area (TPSA) is 64.3 Å². The van der Waals surface area contributed by atoms with Crippen molar-refractivity contribution in [2.24, 2.45) is 0 Å². The summed E-state index contributed by atoms with van der Waals surface area (Å²) in [5, 5.41) is 9.01. The molecule has 0 amide bonds. The lowest BCUT2D eigenvalue weighted by Crippen LogP contribution is -2.17. The molecule has 0 aliphatic heterocycles. The highest BCUT2D eigenvalue weighted by Gasteiger charge is 2.31. The van der Waals surface area contributed by atoms with E-state index in [-0.39, 0.29) is 11.5 Å². The first kappa shape index (κ1) is 15.2. The number of carboxylic acids is 1. The number of hydrogen-bond donors (Lipinski definition) is 1. The predicted molar refractivity (Wildman–Crippen MR) is 68.6 cm³/mol. The molecule has 1 aromatic carbocycles. The van der Waals surface area contributed by atoms with E-state index in [1.807, 2.05) is 0 Å². The second kappa shape index (κ2) is 6.08. The van der Waals surface area contributed by atoms with Gasteiger partial charge in [-0.05, 0) is 12.1 Å². The number of ether oxygens (including phenoxy) is 1. The highest BCUT2D eigenvalue weighted by atomic mass is 32.2. The van der Waals surface area contributed by atoms with Gasteiger partial charge >= 0.3 is 12.3 Å². The van der Waals surface area contributed by atoms with E-state index in [1.54, 1.807) is 6.07 Å². The van der Waals surface area contributed by atoms with Crippen molar-refractivity contribution in [1.82, 2.24) is 9.55 Å². The first-order chi connectivity index (χ1) is 9.85. The fourth-order valence-corrected chi connectivity index (χ4v) is 2.24. The molecule has 0 spiro atoms. The summed E-state index contributed by atoms with van der Waals surface area (Å²) in [4.78, 5) is 14.5. The van der Waals surface area contributed by atoms with Crippen LogP contribution in [-0.2, 0) is 4.79 Å². The molecule has 1 aromatic heterocycles. The van der Waals surface area contributed by atoms with E-state index in [9.17, 15) is 18.0 Å². The third kappa shape index (κ3) is 4.42. The summed E-state index contributed by atoms with van der Waals surface area (Å²) in [6.45, 7) is 0. The third-order valence-corrected chi connectivity index (χ3v) is 3.21. The molecule has 2 rings (SSSR count). The number of alkyl halides is 3. The van der Waals surface area contributed by atoms with E-state index in [0.717, 1.165) is 11.8 Å². The number of aliphatic carboxylic acids is 1. The van der Waals surface area contributed by atoms with Gasteiger partial charge in [-0.3, -0.25) is 9.36 Å². The maximum Gasteiger partial charge on any atom is 0.573 e. The first-order valence-electron chi connectivity index (χ1n) is 5.59. The molecule has 0 fully saturated rings. The number of benzene rings is 1. The molecule has 1 heterocycles. The number of hydrogen-bond acceptors (Lipinski definition) is 4. The van der Waals surface area contributed by atoms with E-state index in [4.69, 9.17) is 5.11 Å². The minimum absolute atomic E-state index is 0.199. The van der Waals surface area contributed by atoms with Gasteiger partial charge in [-0.1, -0.05) is 17.8 Å². The zero-order valence-corrected chi connectivity index (χ0v) is 11.2. The molecular formula is C12H9F3N2O3S. The lowest BCUT2D eigenvalue weighted by atomic mass is 10.3. The minimum atomic E-state index is -4.77. The van der Waals surface area contributed by atoms with Gasteiger partial charge in [0.1, 0.15) is 5.75 Å². The quantitative estimate of drug-likeness (QED) is 0.859. The summed E-state index contributed by atoms with van der Waals surface area (Å²) < 4.78 is 41.9. The molecule has 9 heteroatoms. The molecule has 0 bridgehead atoms. The largest absolute Gasteiger partial charge is 0.573 e. The molecule has 0 radical (unpaired) electrons. The summed E-state index contributed by atoms with van der Waals surface area (Å²) in [6, 6.07) is 5.34. The molecule has 2 aromatic rings. The minimum Gasteiger partial charge on any atom is -0.481 e. The number of halogens is 3. The van der Waals surface area contributed by atoms with Crippen LogP contribution in [0.25, 0.3) is 5.69 Å². The van der Waals surface area contributed by atoms with Crippen molar-refractivity contribution in [3.05, 3.63) is 36.7 Å². The van der Waals surface area contributed by atoms with Crippen molar-refractivity contribution in [1.29, 1.82) is 0 Å². The van der Waals surface area contributed by atoms with Gasteiger partial charge in [-0.2, -0.15) is 0 Å². The summed E-state index contributed by atoms with van der Waals surface area (Å²) in [5.41, 5.74) is 0.391. The molecule has 21 heavy (non-hydrogen) atoms. The standard InChI is InChI=1S/C12H9F3N2O3S/c13-12(14,15)20-9-3-1-2-8(6-9)17-5-4-16-11(17)21-7-10(18)19/h1-6H,7H2,(H,18,19).